The van der Waals surface area contributed by atoms with Crippen LogP contribution in [-0.2, 0) is 13.0 Å². The summed E-state index contributed by atoms with van der Waals surface area (Å²) in [6.45, 7) is 0.900. The summed E-state index contributed by atoms with van der Waals surface area (Å²) in [6, 6.07) is 13.4. The zero-order valence-electron chi connectivity index (χ0n) is 11.0. The van der Waals surface area contributed by atoms with Crippen LogP contribution >= 0.6 is 0 Å². The van der Waals surface area contributed by atoms with E-state index in [0.29, 0.717) is 13.4 Å². The molecule has 2 aromatic rings. The highest BCUT2D eigenvalue weighted by Gasteiger charge is 2.12. The molecule has 4 heteroatoms. The van der Waals surface area contributed by atoms with Crippen molar-refractivity contribution in [2.45, 2.75) is 13.0 Å². The van der Waals surface area contributed by atoms with Gasteiger partial charge >= 0.3 is 0 Å². The van der Waals surface area contributed by atoms with Gasteiger partial charge in [-0.3, -0.25) is 0 Å². The molecule has 20 heavy (non-hydrogen) atoms. The summed E-state index contributed by atoms with van der Waals surface area (Å²) in [4.78, 5) is 0. The lowest BCUT2D eigenvalue weighted by atomic mass is 10.1. The molecule has 0 fully saturated rings. The van der Waals surface area contributed by atoms with Gasteiger partial charge in [-0.15, -0.1) is 0 Å². The highest BCUT2D eigenvalue weighted by Crippen LogP contribution is 2.32. The van der Waals surface area contributed by atoms with E-state index >= 15 is 0 Å². The van der Waals surface area contributed by atoms with E-state index in [-0.39, 0.29) is 6.61 Å². The summed E-state index contributed by atoms with van der Waals surface area (Å²) in [6.07, 6.45) is 0.792. The molecule has 0 saturated carbocycles. The molecule has 104 valence electrons. The van der Waals surface area contributed by atoms with Crippen LogP contribution in [0.2, 0.25) is 0 Å². The van der Waals surface area contributed by atoms with Crippen LogP contribution in [0.1, 0.15) is 11.1 Å². The molecule has 0 atom stereocenters. The smallest absolute Gasteiger partial charge is 0.231 e. The van der Waals surface area contributed by atoms with E-state index in [0.717, 1.165) is 34.8 Å². The van der Waals surface area contributed by atoms with Crippen molar-refractivity contribution in [3.8, 4) is 17.2 Å². The lowest BCUT2D eigenvalue weighted by Crippen LogP contribution is -2.01. The number of rotatable bonds is 5. The van der Waals surface area contributed by atoms with Crippen LogP contribution < -0.4 is 14.2 Å². The third-order valence-electron chi connectivity index (χ3n) is 3.18. The molecular weight excluding hydrogens is 256 g/mol. The summed E-state index contributed by atoms with van der Waals surface area (Å²) >= 11 is 0. The predicted molar refractivity (Wildman–Crippen MR) is 74.1 cm³/mol. The monoisotopic (exact) mass is 272 g/mol. The van der Waals surface area contributed by atoms with Crippen LogP contribution in [0.3, 0.4) is 0 Å². The maximum atomic E-state index is 9.07. The third kappa shape index (κ3) is 2.86. The first kappa shape index (κ1) is 12.8. The minimum Gasteiger partial charge on any atom is -0.493 e. The summed E-state index contributed by atoms with van der Waals surface area (Å²) in [5.74, 6) is 2.37. The van der Waals surface area contributed by atoms with E-state index in [4.69, 9.17) is 19.3 Å². The van der Waals surface area contributed by atoms with Crippen molar-refractivity contribution in [1.82, 2.24) is 0 Å². The molecule has 4 nitrogen and oxygen atoms in total. The number of ether oxygens (including phenoxy) is 3. The summed E-state index contributed by atoms with van der Waals surface area (Å²) in [7, 11) is 0. The fourth-order valence-corrected chi connectivity index (χ4v) is 2.12. The molecule has 2 aromatic carbocycles. The first-order valence-corrected chi connectivity index (χ1v) is 6.56. The Morgan fingerprint density at radius 3 is 2.80 bits per heavy atom. The normalized spacial score (nSPS) is 12.4. The first-order valence-electron chi connectivity index (χ1n) is 6.56. The number of hydrogen-bond acceptors (Lipinski definition) is 4. The SMILES string of the molecule is OCc1cccc(OCCc2ccc3c(c2)OCO3)c1. The van der Waals surface area contributed by atoms with E-state index in [1.165, 1.54) is 0 Å². The second-order valence-corrected chi connectivity index (χ2v) is 4.59. The molecule has 0 bridgehead atoms. The van der Waals surface area contributed by atoms with Crippen molar-refractivity contribution in [3.63, 3.8) is 0 Å². The molecule has 0 saturated heterocycles. The maximum Gasteiger partial charge on any atom is 0.231 e. The Kier molecular flexibility index (Phi) is 3.74. The molecular formula is C16H16O4. The summed E-state index contributed by atoms with van der Waals surface area (Å²) in [5.41, 5.74) is 2.00. The van der Waals surface area contributed by atoms with E-state index in [2.05, 4.69) is 0 Å². The molecule has 1 N–H and O–H groups in total. The van der Waals surface area contributed by atoms with Gasteiger partial charge in [-0.2, -0.15) is 0 Å². The minimum absolute atomic E-state index is 0.0271. The lowest BCUT2D eigenvalue weighted by molar-refractivity contribution is 0.174. The zero-order chi connectivity index (χ0) is 13.8. The van der Waals surface area contributed by atoms with Gasteiger partial charge in [-0.25, -0.2) is 0 Å². The number of hydrogen-bond donors (Lipinski definition) is 1. The topological polar surface area (TPSA) is 47.9 Å². The molecule has 1 aliphatic rings. The van der Waals surface area contributed by atoms with Gasteiger partial charge in [0.25, 0.3) is 0 Å². The van der Waals surface area contributed by atoms with Gasteiger partial charge in [-0.05, 0) is 35.4 Å². The average molecular weight is 272 g/mol. The van der Waals surface area contributed by atoms with Crippen molar-refractivity contribution < 1.29 is 19.3 Å². The fraction of sp³-hybridized carbons (Fsp3) is 0.250. The van der Waals surface area contributed by atoms with Gasteiger partial charge in [0.1, 0.15) is 5.75 Å². The number of benzene rings is 2. The standard InChI is InChI=1S/C16H16O4/c17-10-13-2-1-3-14(8-13)18-7-6-12-4-5-15-16(9-12)20-11-19-15/h1-5,8-9,17H,6-7,10-11H2. The Balaban J connectivity index is 1.57. The quantitative estimate of drug-likeness (QED) is 0.908. The highest BCUT2D eigenvalue weighted by atomic mass is 16.7. The van der Waals surface area contributed by atoms with Gasteiger partial charge in [0.05, 0.1) is 13.2 Å². The van der Waals surface area contributed by atoms with E-state index in [1.807, 2.05) is 42.5 Å². The summed E-state index contributed by atoms with van der Waals surface area (Å²) < 4.78 is 16.3. The van der Waals surface area contributed by atoms with Gasteiger partial charge in [0.15, 0.2) is 11.5 Å². The molecule has 1 heterocycles. The molecule has 0 aliphatic carbocycles. The van der Waals surface area contributed by atoms with Crippen molar-refractivity contribution in [3.05, 3.63) is 53.6 Å². The minimum atomic E-state index is 0.0271. The summed E-state index contributed by atoms with van der Waals surface area (Å²) in [5, 5.41) is 9.07. The predicted octanol–water partition coefficient (Wildman–Crippen LogP) is 2.53. The Labute approximate surface area is 117 Å². The van der Waals surface area contributed by atoms with E-state index < -0.39 is 0 Å². The maximum absolute atomic E-state index is 9.07. The van der Waals surface area contributed by atoms with Crippen LogP contribution in [0.25, 0.3) is 0 Å². The molecule has 0 unspecified atom stereocenters. The number of aliphatic hydroxyl groups excluding tert-OH is 1. The van der Waals surface area contributed by atoms with Crippen LogP contribution in [0.5, 0.6) is 17.2 Å². The number of aliphatic hydroxyl groups is 1. The molecule has 0 aromatic heterocycles. The van der Waals surface area contributed by atoms with Crippen LogP contribution in [0.4, 0.5) is 0 Å². The fourth-order valence-electron chi connectivity index (χ4n) is 2.12. The molecule has 3 rings (SSSR count). The zero-order valence-corrected chi connectivity index (χ0v) is 11.0. The Hall–Kier alpha value is -2.20. The second kappa shape index (κ2) is 5.84. The lowest BCUT2D eigenvalue weighted by Gasteiger charge is -2.08. The Bertz CT molecular complexity index is 595. The van der Waals surface area contributed by atoms with Crippen molar-refractivity contribution in [2.24, 2.45) is 0 Å². The highest BCUT2D eigenvalue weighted by molar-refractivity contribution is 5.44. The van der Waals surface area contributed by atoms with Gasteiger partial charge < -0.3 is 19.3 Å². The van der Waals surface area contributed by atoms with E-state index in [9.17, 15) is 0 Å². The van der Waals surface area contributed by atoms with Crippen LogP contribution in [0.15, 0.2) is 42.5 Å². The third-order valence-corrected chi connectivity index (χ3v) is 3.18. The average Bonchev–Trinajstić information content (AvgIpc) is 2.95. The van der Waals surface area contributed by atoms with Gasteiger partial charge in [0.2, 0.25) is 6.79 Å². The van der Waals surface area contributed by atoms with E-state index in [1.54, 1.807) is 0 Å². The molecule has 0 radical (unpaired) electrons. The second-order valence-electron chi connectivity index (χ2n) is 4.59. The van der Waals surface area contributed by atoms with Gasteiger partial charge in [-0.1, -0.05) is 18.2 Å². The molecule has 1 aliphatic heterocycles. The van der Waals surface area contributed by atoms with Gasteiger partial charge in [0, 0.05) is 6.42 Å². The Morgan fingerprint density at radius 1 is 1.00 bits per heavy atom. The Morgan fingerprint density at radius 2 is 1.90 bits per heavy atom. The van der Waals surface area contributed by atoms with Crippen molar-refractivity contribution in [2.75, 3.05) is 13.4 Å². The first-order chi connectivity index (χ1) is 9.85. The van der Waals surface area contributed by atoms with Crippen molar-refractivity contribution in [1.29, 1.82) is 0 Å². The van der Waals surface area contributed by atoms with Crippen molar-refractivity contribution >= 4 is 0 Å². The number of fused-ring (bicyclic) bond motifs is 1. The van der Waals surface area contributed by atoms with Crippen LogP contribution in [0, 0.1) is 0 Å². The molecule has 0 amide bonds. The van der Waals surface area contributed by atoms with Crippen LogP contribution in [-0.4, -0.2) is 18.5 Å². The molecule has 0 spiro atoms. The largest absolute Gasteiger partial charge is 0.493 e.